The Hall–Kier alpha value is -1.85. The van der Waals surface area contributed by atoms with Crippen LogP contribution in [0.3, 0.4) is 0 Å². The fourth-order valence-corrected chi connectivity index (χ4v) is 2.98. The Bertz CT molecular complexity index is 468. The molecular weight excluding hydrogens is 244 g/mol. The summed E-state index contributed by atoms with van der Waals surface area (Å²) in [5.74, 6) is 1.97. The van der Waals surface area contributed by atoms with Crippen LogP contribution in [0.5, 0.6) is 0 Å². The topological polar surface area (TPSA) is 94.1 Å². The molecule has 1 aliphatic rings. The van der Waals surface area contributed by atoms with Gasteiger partial charge in [0.15, 0.2) is 0 Å². The maximum Gasteiger partial charge on any atom is 0.311 e. The maximum atomic E-state index is 10.7. The summed E-state index contributed by atoms with van der Waals surface area (Å²) in [7, 11) is 0. The molecule has 0 radical (unpaired) electrons. The van der Waals surface area contributed by atoms with Gasteiger partial charge < -0.3 is 11.1 Å². The van der Waals surface area contributed by atoms with Gasteiger partial charge in [-0.05, 0) is 37.2 Å². The Kier molecular flexibility index (Phi) is 3.87. The van der Waals surface area contributed by atoms with Gasteiger partial charge in [0, 0.05) is 12.1 Å². The minimum absolute atomic E-state index is 0.0353. The van der Waals surface area contributed by atoms with E-state index in [0.717, 1.165) is 12.8 Å². The lowest BCUT2D eigenvalue weighted by molar-refractivity contribution is -0.384. The molecule has 2 rings (SSSR count). The lowest BCUT2D eigenvalue weighted by Gasteiger charge is -2.32. The van der Waals surface area contributed by atoms with Crippen molar-refractivity contribution in [3.05, 3.63) is 22.2 Å². The molecule has 1 fully saturated rings. The Morgan fingerprint density at radius 2 is 1.95 bits per heavy atom. The van der Waals surface area contributed by atoms with Crippen LogP contribution in [-0.4, -0.2) is 15.9 Å². The Balaban J connectivity index is 2.07. The molecule has 0 aromatic carbocycles. The standard InChI is InChI=1S/C13H20N4O2/c1-8-5-9(2)7-10(6-8)15-12-4-3-11(17(18)19)13(14)16-12/h3-4,8-10H,5-7H2,1-2H3,(H3,14,15,16). The average Bonchev–Trinajstić information content (AvgIpc) is 2.26. The zero-order valence-corrected chi connectivity index (χ0v) is 11.3. The van der Waals surface area contributed by atoms with E-state index in [1.807, 2.05) is 0 Å². The molecule has 2 unspecified atom stereocenters. The maximum absolute atomic E-state index is 10.7. The van der Waals surface area contributed by atoms with Gasteiger partial charge in [0.1, 0.15) is 5.82 Å². The van der Waals surface area contributed by atoms with E-state index in [1.165, 1.54) is 12.5 Å². The highest BCUT2D eigenvalue weighted by Crippen LogP contribution is 2.30. The summed E-state index contributed by atoms with van der Waals surface area (Å²) in [5.41, 5.74) is 5.45. The third-order valence-corrected chi connectivity index (χ3v) is 3.63. The number of anilines is 2. The Labute approximate surface area is 112 Å². The summed E-state index contributed by atoms with van der Waals surface area (Å²) in [4.78, 5) is 14.2. The van der Waals surface area contributed by atoms with Gasteiger partial charge in [-0.3, -0.25) is 10.1 Å². The molecule has 0 saturated heterocycles. The van der Waals surface area contributed by atoms with Crippen molar-refractivity contribution in [3.63, 3.8) is 0 Å². The normalized spacial score (nSPS) is 26.9. The number of rotatable bonds is 3. The minimum Gasteiger partial charge on any atom is -0.378 e. The van der Waals surface area contributed by atoms with E-state index in [2.05, 4.69) is 24.1 Å². The van der Waals surface area contributed by atoms with Crippen LogP contribution < -0.4 is 11.1 Å². The van der Waals surface area contributed by atoms with Gasteiger partial charge in [-0.15, -0.1) is 0 Å². The number of aromatic nitrogens is 1. The second-order valence-corrected chi connectivity index (χ2v) is 5.62. The molecule has 2 atom stereocenters. The third-order valence-electron chi connectivity index (χ3n) is 3.63. The number of hydrogen-bond donors (Lipinski definition) is 2. The van der Waals surface area contributed by atoms with Gasteiger partial charge in [-0.1, -0.05) is 13.8 Å². The van der Waals surface area contributed by atoms with Crippen molar-refractivity contribution in [1.82, 2.24) is 4.98 Å². The summed E-state index contributed by atoms with van der Waals surface area (Å²) < 4.78 is 0. The lowest BCUT2D eigenvalue weighted by Crippen LogP contribution is -2.30. The summed E-state index contributed by atoms with van der Waals surface area (Å²) >= 11 is 0. The van der Waals surface area contributed by atoms with Crippen molar-refractivity contribution < 1.29 is 4.92 Å². The summed E-state index contributed by atoms with van der Waals surface area (Å²) in [5, 5.41) is 14.0. The van der Waals surface area contributed by atoms with Crippen LogP contribution in [0.25, 0.3) is 0 Å². The van der Waals surface area contributed by atoms with Crippen molar-refractivity contribution in [2.24, 2.45) is 11.8 Å². The Morgan fingerprint density at radius 3 is 2.47 bits per heavy atom. The number of hydrogen-bond acceptors (Lipinski definition) is 5. The summed E-state index contributed by atoms with van der Waals surface area (Å²) in [6.45, 7) is 4.50. The molecule has 1 saturated carbocycles. The molecule has 1 aromatic heterocycles. The highest BCUT2D eigenvalue weighted by Gasteiger charge is 2.24. The number of nitrogen functional groups attached to an aromatic ring is 1. The summed E-state index contributed by atoms with van der Waals surface area (Å²) in [6.07, 6.45) is 3.46. The van der Waals surface area contributed by atoms with Crippen LogP contribution in [0.4, 0.5) is 17.3 Å². The second kappa shape index (κ2) is 5.42. The quantitative estimate of drug-likeness (QED) is 0.646. The highest BCUT2D eigenvalue weighted by molar-refractivity contribution is 5.57. The molecule has 0 spiro atoms. The van der Waals surface area contributed by atoms with E-state index in [-0.39, 0.29) is 11.5 Å². The number of nitrogens with one attached hydrogen (secondary N) is 1. The fourth-order valence-electron chi connectivity index (χ4n) is 2.98. The van der Waals surface area contributed by atoms with Gasteiger partial charge in [-0.2, -0.15) is 0 Å². The first-order chi connectivity index (χ1) is 8.95. The number of pyridine rings is 1. The molecule has 6 heteroatoms. The van der Waals surface area contributed by atoms with Crippen molar-refractivity contribution >= 4 is 17.3 Å². The summed E-state index contributed by atoms with van der Waals surface area (Å²) in [6, 6.07) is 3.39. The molecule has 104 valence electrons. The van der Waals surface area contributed by atoms with Crippen LogP contribution in [0.1, 0.15) is 33.1 Å². The van der Waals surface area contributed by atoms with Gasteiger partial charge >= 0.3 is 5.69 Å². The molecule has 1 aromatic rings. The molecule has 1 heterocycles. The van der Waals surface area contributed by atoms with Crippen molar-refractivity contribution in [2.45, 2.75) is 39.2 Å². The lowest BCUT2D eigenvalue weighted by atomic mass is 9.80. The van der Waals surface area contributed by atoms with Gasteiger partial charge in [0.25, 0.3) is 0 Å². The SMILES string of the molecule is CC1CC(C)CC(Nc2ccc([N+](=O)[O-])c(N)n2)C1. The average molecular weight is 264 g/mol. The van der Waals surface area contributed by atoms with Crippen molar-refractivity contribution in [3.8, 4) is 0 Å². The smallest absolute Gasteiger partial charge is 0.311 e. The molecule has 0 amide bonds. The van der Waals surface area contributed by atoms with Crippen molar-refractivity contribution in [1.29, 1.82) is 0 Å². The monoisotopic (exact) mass is 264 g/mol. The third kappa shape index (κ3) is 3.33. The number of nitro groups is 1. The van der Waals surface area contributed by atoms with Crippen LogP contribution >= 0.6 is 0 Å². The zero-order chi connectivity index (χ0) is 14.0. The van der Waals surface area contributed by atoms with Crippen LogP contribution in [-0.2, 0) is 0 Å². The molecule has 19 heavy (non-hydrogen) atoms. The minimum atomic E-state index is -0.517. The first kappa shape index (κ1) is 13.6. The van der Waals surface area contributed by atoms with E-state index in [0.29, 0.717) is 23.7 Å². The predicted octanol–water partition coefficient (Wildman–Crippen LogP) is 2.81. The Morgan fingerprint density at radius 1 is 1.32 bits per heavy atom. The van der Waals surface area contributed by atoms with E-state index in [4.69, 9.17) is 5.73 Å². The molecule has 1 aliphatic carbocycles. The van der Waals surface area contributed by atoms with Crippen LogP contribution in [0.2, 0.25) is 0 Å². The molecule has 0 aliphatic heterocycles. The molecular formula is C13H20N4O2. The van der Waals surface area contributed by atoms with Crippen LogP contribution in [0, 0.1) is 22.0 Å². The first-order valence-electron chi connectivity index (χ1n) is 6.63. The van der Waals surface area contributed by atoms with E-state index < -0.39 is 4.92 Å². The highest BCUT2D eigenvalue weighted by atomic mass is 16.6. The molecule has 6 nitrogen and oxygen atoms in total. The van der Waals surface area contributed by atoms with Crippen LogP contribution in [0.15, 0.2) is 12.1 Å². The number of nitrogens with zero attached hydrogens (tertiary/aromatic N) is 2. The molecule has 0 bridgehead atoms. The van der Waals surface area contributed by atoms with Gasteiger partial charge in [0.2, 0.25) is 5.82 Å². The zero-order valence-electron chi connectivity index (χ0n) is 11.3. The number of nitrogens with two attached hydrogens (primary N) is 1. The van der Waals surface area contributed by atoms with Gasteiger partial charge in [-0.25, -0.2) is 4.98 Å². The van der Waals surface area contributed by atoms with Gasteiger partial charge in [0.05, 0.1) is 4.92 Å². The largest absolute Gasteiger partial charge is 0.378 e. The van der Waals surface area contributed by atoms with E-state index in [1.54, 1.807) is 6.07 Å². The first-order valence-corrected chi connectivity index (χ1v) is 6.63. The molecule has 3 N–H and O–H groups in total. The van der Waals surface area contributed by atoms with E-state index in [9.17, 15) is 10.1 Å². The second-order valence-electron chi connectivity index (χ2n) is 5.62. The van der Waals surface area contributed by atoms with Crippen molar-refractivity contribution in [2.75, 3.05) is 11.1 Å². The van der Waals surface area contributed by atoms with E-state index >= 15 is 0 Å². The predicted molar refractivity (Wildman–Crippen MR) is 74.9 cm³/mol. The fraction of sp³-hybridized carbons (Fsp3) is 0.615.